The molecule has 1 aromatic carbocycles. The van der Waals surface area contributed by atoms with E-state index < -0.39 is 5.97 Å². The summed E-state index contributed by atoms with van der Waals surface area (Å²) >= 11 is 0. The molecule has 0 atom stereocenters. The summed E-state index contributed by atoms with van der Waals surface area (Å²) in [7, 11) is 1.32. The van der Waals surface area contributed by atoms with Crippen LogP contribution in [0.4, 0.5) is 0 Å². The number of ether oxygens (including phenoxy) is 1. The Morgan fingerprint density at radius 2 is 1.77 bits per heavy atom. The first-order valence-corrected chi connectivity index (χ1v) is 3.68. The van der Waals surface area contributed by atoms with Gasteiger partial charge in [-0.05, 0) is 12.1 Å². The summed E-state index contributed by atoms with van der Waals surface area (Å²) in [6.45, 7) is 0. The summed E-state index contributed by atoms with van der Waals surface area (Å²) in [6.07, 6.45) is 0. The smallest absolute Gasteiger partial charge is 0.337 e. The van der Waals surface area contributed by atoms with Gasteiger partial charge in [0, 0.05) is 5.56 Å². The van der Waals surface area contributed by atoms with E-state index in [2.05, 4.69) is 4.74 Å². The highest BCUT2D eigenvalue weighted by atomic mass is 16.5. The Balaban J connectivity index is 2.93. The molecule has 0 fully saturated rings. The van der Waals surface area contributed by atoms with E-state index in [-0.39, 0.29) is 5.84 Å². The van der Waals surface area contributed by atoms with Crippen LogP contribution in [-0.4, -0.2) is 18.9 Å². The molecule has 0 aliphatic heterocycles. The highest BCUT2D eigenvalue weighted by molar-refractivity contribution is 5.96. The zero-order chi connectivity index (χ0) is 9.84. The molecule has 3 N–H and O–H groups in total. The zero-order valence-electron chi connectivity index (χ0n) is 7.20. The van der Waals surface area contributed by atoms with Gasteiger partial charge in [-0.15, -0.1) is 0 Å². The van der Waals surface area contributed by atoms with Crippen LogP contribution in [0.15, 0.2) is 24.3 Å². The second-order valence-electron chi connectivity index (χ2n) is 2.48. The minimum absolute atomic E-state index is 0.0172. The Bertz CT molecular complexity index is 330. The van der Waals surface area contributed by atoms with Crippen LogP contribution in [0.25, 0.3) is 0 Å². The molecule has 68 valence electrons. The first-order chi connectivity index (χ1) is 6.15. The summed E-state index contributed by atoms with van der Waals surface area (Å²) in [5, 5.41) is 7.12. The molecule has 0 spiro atoms. The summed E-state index contributed by atoms with van der Waals surface area (Å²) in [5.74, 6) is -0.411. The monoisotopic (exact) mass is 178 g/mol. The van der Waals surface area contributed by atoms with E-state index in [9.17, 15) is 4.79 Å². The first kappa shape index (κ1) is 9.25. The third-order valence-corrected chi connectivity index (χ3v) is 1.62. The molecule has 4 nitrogen and oxygen atoms in total. The Morgan fingerprint density at radius 1 is 1.31 bits per heavy atom. The van der Waals surface area contributed by atoms with Crippen molar-refractivity contribution in [3.63, 3.8) is 0 Å². The molecule has 0 saturated carbocycles. The number of hydrogen-bond donors (Lipinski definition) is 2. The number of nitrogens with one attached hydrogen (secondary N) is 1. The number of nitrogens with two attached hydrogens (primary N) is 1. The molecular formula is C9H10N2O2. The maximum Gasteiger partial charge on any atom is 0.337 e. The molecule has 0 unspecified atom stereocenters. The maximum atomic E-state index is 11.0. The van der Waals surface area contributed by atoms with Gasteiger partial charge in [0.25, 0.3) is 0 Å². The topological polar surface area (TPSA) is 76.2 Å². The molecule has 0 heterocycles. The second kappa shape index (κ2) is 3.71. The fourth-order valence-electron chi connectivity index (χ4n) is 0.904. The van der Waals surface area contributed by atoms with Crippen molar-refractivity contribution in [3.05, 3.63) is 35.4 Å². The van der Waals surface area contributed by atoms with E-state index >= 15 is 0 Å². The number of carbonyl (C=O) groups is 1. The molecule has 0 amide bonds. The third-order valence-electron chi connectivity index (χ3n) is 1.62. The molecule has 0 bridgehead atoms. The lowest BCUT2D eigenvalue weighted by Crippen LogP contribution is -2.11. The molecule has 4 heteroatoms. The first-order valence-electron chi connectivity index (χ1n) is 3.68. The summed E-state index contributed by atoms with van der Waals surface area (Å²) in [5.41, 5.74) is 6.28. The Kier molecular flexibility index (Phi) is 2.64. The molecule has 1 rings (SSSR count). The van der Waals surface area contributed by atoms with Gasteiger partial charge in [-0.1, -0.05) is 12.1 Å². The number of amidine groups is 1. The predicted octanol–water partition coefficient (Wildman–Crippen LogP) is 0.757. The molecule has 0 saturated heterocycles. The van der Waals surface area contributed by atoms with Gasteiger partial charge in [-0.25, -0.2) is 4.79 Å². The fraction of sp³-hybridized carbons (Fsp3) is 0.111. The molecule has 0 aliphatic rings. The van der Waals surface area contributed by atoms with Gasteiger partial charge in [0.05, 0.1) is 12.7 Å². The lowest BCUT2D eigenvalue weighted by Gasteiger charge is -2.00. The molecule has 13 heavy (non-hydrogen) atoms. The number of nitrogen functional groups attached to an aromatic ring is 1. The largest absolute Gasteiger partial charge is 0.465 e. The van der Waals surface area contributed by atoms with Crippen molar-refractivity contribution in [2.75, 3.05) is 7.11 Å². The van der Waals surface area contributed by atoms with Crippen molar-refractivity contribution >= 4 is 11.8 Å². The van der Waals surface area contributed by atoms with Crippen LogP contribution in [0.2, 0.25) is 0 Å². The van der Waals surface area contributed by atoms with Crippen molar-refractivity contribution in [3.8, 4) is 0 Å². The van der Waals surface area contributed by atoms with E-state index in [1.165, 1.54) is 7.11 Å². The molecular weight excluding hydrogens is 168 g/mol. The molecule has 0 aromatic heterocycles. The van der Waals surface area contributed by atoms with Crippen LogP contribution in [-0.2, 0) is 4.74 Å². The van der Waals surface area contributed by atoms with Gasteiger partial charge in [0.15, 0.2) is 0 Å². The van der Waals surface area contributed by atoms with E-state index in [0.29, 0.717) is 11.1 Å². The number of methoxy groups -OCH3 is 1. The molecule has 0 aliphatic carbocycles. The van der Waals surface area contributed by atoms with Crippen LogP contribution >= 0.6 is 0 Å². The highest BCUT2D eigenvalue weighted by Crippen LogP contribution is 2.04. The maximum absolute atomic E-state index is 11.0. The van der Waals surface area contributed by atoms with Crippen molar-refractivity contribution in [1.82, 2.24) is 0 Å². The van der Waals surface area contributed by atoms with Crippen molar-refractivity contribution in [1.29, 1.82) is 5.41 Å². The second-order valence-corrected chi connectivity index (χ2v) is 2.48. The van der Waals surface area contributed by atoms with Gasteiger partial charge in [0.1, 0.15) is 5.84 Å². The van der Waals surface area contributed by atoms with E-state index in [1.54, 1.807) is 24.3 Å². The Labute approximate surface area is 75.8 Å². The fourth-order valence-corrected chi connectivity index (χ4v) is 0.904. The lowest BCUT2D eigenvalue weighted by atomic mass is 10.1. The minimum atomic E-state index is -0.393. The predicted molar refractivity (Wildman–Crippen MR) is 48.8 cm³/mol. The average Bonchev–Trinajstić information content (AvgIpc) is 2.17. The summed E-state index contributed by atoms with van der Waals surface area (Å²) < 4.78 is 4.51. The van der Waals surface area contributed by atoms with Crippen LogP contribution in [0, 0.1) is 5.41 Å². The summed E-state index contributed by atoms with van der Waals surface area (Å²) in [4.78, 5) is 11.0. The number of carbonyl (C=O) groups excluding carboxylic acids is 1. The number of rotatable bonds is 2. The third kappa shape index (κ3) is 2.05. The molecule has 0 radical (unpaired) electrons. The lowest BCUT2D eigenvalue weighted by molar-refractivity contribution is 0.0601. The zero-order valence-corrected chi connectivity index (χ0v) is 7.20. The van der Waals surface area contributed by atoms with Gasteiger partial charge >= 0.3 is 5.97 Å². The SMILES string of the molecule is COC(=O)c1ccc(C(=N)N)cc1. The van der Waals surface area contributed by atoms with E-state index in [0.717, 1.165) is 0 Å². The van der Waals surface area contributed by atoms with Gasteiger partial charge in [-0.2, -0.15) is 0 Å². The average molecular weight is 178 g/mol. The van der Waals surface area contributed by atoms with Crippen LogP contribution in [0.5, 0.6) is 0 Å². The Hall–Kier alpha value is -1.84. The van der Waals surface area contributed by atoms with Crippen LogP contribution in [0.3, 0.4) is 0 Å². The standard InChI is InChI=1S/C9H10N2O2/c1-13-9(12)7-4-2-6(3-5-7)8(10)11/h2-5H,1H3,(H3,10,11). The van der Waals surface area contributed by atoms with E-state index in [4.69, 9.17) is 11.1 Å². The number of hydrogen-bond acceptors (Lipinski definition) is 3. The van der Waals surface area contributed by atoms with Gasteiger partial charge in [-0.3, -0.25) is 5.41 Å². The van der Waals surface area contributed by atoms with Crippen LogP contribution < -0.4 is 5.73 Å². The molecule has 1 aromatic rings. The Morgan fingerprint density at radius 3 is 2.15 bits per heavy atom. The normalized spacial score (nSPS) is 9.31. The van der Waals surface area contributed by atoms with Gasteiger partial charge < -0.3 is 10.5 Å². The minimum Gasteiger partial charge on any atom is -0.465 e. The van der Waals surface area contributed by atoms with Crippen molar-refractivity contribution in [2.24, 2.45) is 5.73 Å². The highest BCUT2D eigenvalue weighted by Gasteiger charge is 2.04. The van der Waals surface area contributed by atoms with Crippen molar-refractivity contribution in [2.45, 2.75) is 0 Å². The number of esters is 1. The van der Waals surface area contributed by atoms with Crippen molar-refractivity contribution < 1.29 is 9.53 Å². The van der Waals surface area contributed by atoms with Gasteiger partial charge in [0.2, 0.25) is 0 Å². The van der Waals surface area contributed by atoms with Crippen LogP contribution in [0.1, 0.15) is 15.9 Å². The summed E-state index contributed by atoms with van der Waals surface area (Å²) in [6, 6.07) is 6.36. The van der Waals surface area contributed by atoms with E-state index in [1.807, 2.05) is 0 Å². The number of benzene rings is 1. The quantitative estimate of drug-likeness (QED) is 0.398.